The van der Waals surface area contributed by atoms with Gasteiger partial charge in [-0.1, -0.05) is 12.1 Å². The highest BCUT2D eigenvalue weighted by Crippen LogP contribution is 2.30. The van der Waals surface area contributed by atoms with E-state index in [-0.39, 0.29) is 6.04 Å². The van der Waals surface area contributed by atoms with Crippen molar-refractivity contribution in [1.82, 2.24) is 10.2 Å². The van der Waals surface area contributed by atoms with Crippen LogP contribution in [0.15, 0.2) is 29.3 Å². The molecule has 2 aliphatic rings. The molecule has 1 aliphatic carbocycles. The van der Waals surface area contributed by atoms with E-state index in [0.717, 1.165) is 19.0 Å². The van der Waals surface area contributed by atoms with Gasteiger partial charge in [0.2, 0.25) is 0 Å². The van der Waals surface area contributed by atoms with Gasteiger partial charge in [0.1, 0.15) is 0 Å². The lowest BCUT2D eigenvalue weighted by Gasteiger charge is -2.36. The first-order chi connectivity index (χ1) is 12.6. The Kier molecular flexibility index (Phi) is 6.74. The molecule has 2 fully saturated rings. The summed E-state index contributed by atoms with van der Waals surface area (Å²) in [6.45, 7) is 9.15. The van der Waals surface area contributed by atoms with Gasteiger partial charge in [-0.3, -0.25) is 4.90 Å². The zero-order valence-corrected chi connectivity index (χ0v) is 16.2. The molecule has 1 heterocycles. The molecule has 0 aromatic heterocycles. The van der Waals surface area contributed by atoms with E-state index in [9.17, 15) is 0 Å². The molecule has 3 rings (SSSR count). The van der Waals surface area contributed by atoms with Gasteiger partial charge in [0.25, 0.3) is 0 Å². The number of anilines is 1. The van der Waals surface area contributed by atoms with Crippen molar-refractivity contribution in [3.05, 3.63) is 29.8 Å². The molecule has 1 saturated carbocycles. The number of methoxy groups -OCH3 is 1. The van der Waals surface area contributed by atoms with Crippen molar-refractivity contribution in [1.29, 1.82) is 0 Å². The lowest BCUT2D eigenvalue weighted by Crippen LogP contribution is -2.47. The number of nitrogens with two attached hydrogens (primary N) is 1. The second-order valence-corrected chi connectivity index (χ2v) is 7.60. The summed E-state index contributed by atoms with van der Waals surface area (Å²) < 4.78 is 5.09. The minimum atomic E-state index is 0.157. The van der Waals surface area contributed by atoms with Crippen molar-refractivity contribution in [3.63, 3.8) is 0 Å². The van der Waals surface area contributed by atoms with E-state index in [1.54, 1.807) is 7.11 Å². The average Bonchev–Trinajstić information content (AvgIpc) is 3.45. The smallest absolute Gasteiger partial charge is 0.189 e. The van der Waals surface area contributed by atoms with Gasteiger partial charge in [-0.15, -0.1) is 0 Å². The molecular formula is C20H33N5O. The third-order valence-electron chi connectivity index (χ3n) is 5.13. The van der Waals surface area contributed by atoms with Crippen LogP contribution in [-0.4, -0.2) is 63.3 Å². The Morgan fingerprint density at radius 1 is 1.23 bits per heavy atom. The van der Waals surface area contributed by atoms with Crippen LogP contribution in [0.1, 0.15) is 25.3 Å². The van der Waals surface area contributed by atoms with Crippen molar-refractivity contribution in [2.75, 3.05) is 51.3 Å². The Morgan fingerprint density at radius 2 is 1.92 bits per heavy atom. The zero-order chi connectivity index (χ0) is 18.4. The Morgan fingerprint density at radius 3 is 2.54 bits per heavy atom. The fourth-order valence-corrected chi connectivity index (χ4v) is 3.43. The number of ether oxygens (including phenoxy) is 1. The topological polar surface area (TPSA) is 66.1 Å². The maximum absolute atomic E-state index is 5.92. The van der Waals surface area contributed by atoms with Crippen LogP contribution in [0.4, 0.5) is 5.69 Å². The zero-order valence-electron chi connectivity index (χ0n) is 16.2. The van der Waals surface area contributed by atoms with E-state index in [1.807, 2.05) is 6.92 Å². The van der Waals surface area contributed by atoms with E-state index in [1.165, 1.54) is 43.7 Å². The molecule has 0 radical (unpaired) electrons. The third kappa shape index (κ3) is 5.88. The summed E-state index contributed by atoms with van der Waals surface area (Å²) in [5.74, 6) is 1.45. The predicted molar refractivity (Wildman–Crippen MR) is 108 cm³/mol. The van der Waals surface area contributed by atoms with Crippen LogP contribution in [0.25, 0.3) is 0 Å². The summed E-state index contributed by atoms with van der Waals surface area (Å²) >= 11 is 0. The number of piperazine rings is 1. The van der Waals surface area contributed by atoms with Crippen molar-refractivity contribution in [3.8, 4) is 0 Å². The molecule has 6 nitrogen and oxygen atoms in total. The lowest BCUT2D eigenvalue weighted by atomic mass is 10.1. The van der Waals surface area contributed by atoms with E-state index >= 15 is 0 Å². The molecule has 26 heavy (non-hydrogen) atoms. The van der Waals surface area contributed by atoms with Crippen molar-refractivity contribution in [2.45, 2.75) is 32.4 Å². The number of aliphatic imine (C=N–C) groups is 1. The highest BCUT2D eigenvalue weighted by molar-refractivity contribution is 5.78. The molecule has 0 amide bonds. The Labute approximate surface area is 157 Å². The molecule has 1 aromatic carbocycles. The molecule has 1 aliphatic heterocycles. The predicted octanol–water partition coefficient (Wildman–Crippen LogP) is 1.66. The molecule has 0 bridgehead atoms. The maximum atomic E-state index is 5.92. The maximum Gasteiger partial charge on any atom is 0.189 e. The summed E-state index contributed by atoms with van der Waals surface area (Å²) in [6, 6.07) is 8.88. The van der Waals surface area contributed by atoms with Crippen LogP contribution in [0, 0.1) is 5.92 Å². The van der Waals surface area contributed by atoms with Gasteiger partial charge in [-0.2, -0.15) is 0 Å². The summed E-state index contributed by atoms with van der Waals surface area (Å²) in [5.41, 5.74) is 8.40. The van der Waals surface area contributed by atoms with Crippen LogP contribution in [0.2, 0.25) is 0 Å². The first-order valence-electron chi connectivity index (χ1n) is 9.75. The van der Waals surface area contributed by atoms with Gasteiger partial charge in [0.05, 0.1) is 13.2 Å². The number of guanidine groups is 1. The van der Waals surface area contributed by atoms with E-state index in [2.05, 4.69) is 44.4 Å². The van der Waals surface area contributed by atoms with Gasteiger partial charge in [0, 0.05) is 51.6 Å². The van der Waals surface area contributed by atoms with Crippen LogP contribution >= 0.6 is 0 Å². The number of nitrogens with zero attached hydrogens (tertiary/aromatic N) is 3. The SMILES string of the molecule is COCC(C)NC(N)=NCc1ccc(N2CCN(CC3CC3)CC2)cc1. The summed E-state index contributed by atoms with van der Waals surface area (Å²) in [4.78, 5) is 9.52. The molecule has 1 unspecified atom stereocenters. The van der Waals surface area contributed by atoms with Gasteiger partial charge in [-0.25, -0.2) is 4.99 Å². The molecule has 1 aromatic rings. The Balaban J connectivity index is 1.44. The quantitative estimate of drug-likeness (QED) is 0.546. The fourth-order valence-electron chi connectivity index (χ4n) is 3.43. The van der Waals surface area contributed by atoms with Gasteiger partial charge >= 0.3 is 0 Å². The van der Waals surface area contributed by atoms with Crippen molar-refractivity contribution < 1.29 is 4.74 Å². The number of rotatable bonds is 8. The molecule has 1 saturated heterocycles. The Bertz CT molecular complexity index is 576. The normalized spacial score (nSPS) is 20.2. The molecule has 0 spiro atoms. The molecule has 144 valence electrons. The molecule has 3 N–H and O–H groups in total. The Hall–Kier alpha value is -1.79. The van der Waals surface area contributed by atoms with Crippen LogP contribution < -0.4 is 16.0 Å². The first kappa shape index (κ1) is 19.0. The largest absolute Gasteiger partial charge is 0.383 e. The monoisotopic (exact) mass is 359 g/mol. The van der Waals surface area contributed by atoms with Crippen LogP contribution in [-0.2, 0) is 11.3 Å². The number of hydrogen-bond donors (Lipinski definition) is 2. The minimum Gasteiger partial charge on any atom is -0.383 e. The van der Waals surface area contributed by atoms with Crippen LogP contribution in [0.3, 0.4) is 0 Å². The number of benzene rings is 1. The summed E-state index contributed by atoms with van der Waals surface area (Å²) in [5, 5.41) is 3.13. The summed E-state index contributed by atoms with van der Waals surface area (Å²) in [7, 11) is 1.68. The van der Waals surface area contributed by atoms with E-state index in [0.29, 0.717) is 19.1 Å². The second-order valence-electron chi connectivity index (χ2n) is 7.60. The highest BCUT2D eigenvalue weighted by atomic mass is 16.5. The highest BCUT2D eigenvalue weighted by Gasteiger charge is 2.26. The fraction of sp³-hybridized carbons (Fsp3) is 0.650. The molecule has 6 heteroatoms. The van der Waals surface area contributed by atoms with Crippen molar-refractivity contribution in [2.24, 2.45) is 16.6 Å². The van der Waals surface area contributed by atoms with E-state index in [4.69, 9.17) is 10.5 Å². The van der Waals surface area contributed by atoms with E-state index < -0.39 is 0 Å². The minimum absolute atomic E-state index is 0.157. The molecular weight excluding hydrogens is 326 g/mol. The first-order valence-corrected chi connectivity index (χ1v) is 9.75. The van der Waals surface area contributed by atoms with Gasteiger partial charge in [-0.05, 0) is 43.4 Å². The third-order valence-corrected chi connectivity index (χ3v) is 5.13. The van der Waals surface area contributed by atoms with Crippen LogP contribution in [0.5, 0.6) is 0 Å². The standard InChI is InChI=1S/C20H33N5O/c1-16(15-26-2)23-20(21)22-13-17-5-7-19(8-6-17)25-11-9-24(10-12-25)14-18-3-4-18/h5-8,16,18H,3-4,9-15H2,1-2H3,(H3,21,22,23). The number of hydrogen-bond acceptors (Lipinski definition) is 4. The van der Waals surface area contributed by atoms with Crippen molar-refractivity contribution >= 4 is 11.6 Å². The second kappa shape index (κ2) is 9.24. The lowest BCUT2D eigenvalue weighted by molar-refractivity contribution is 0.179. The summed E-state index contributed by atoms with van der Waals surface area (Å²) in [6.07, 6.45) is 2.88. The van der Waals surface area contributed by atoms with Gasteiger partial charge < -0.3 is 20.7 Å². The number of nitrogens with one attached hydrogen (secondary N) is 1. The molecule has 1 atom stereocenters. The average molecular weight is 360 g/mol. The van der Waals surface area contributed by atoms with Gasteiger partial charge in [0.15, 0.2) is 5.96 Å².